The molecule has 1 aromatic rings. The molecule has 78 valence electrons. The molecular formula is C11H12N2O2. The standard InChI is InChI=1S/C11H12N2O2/c14-11(15)10-2-1-9(7-13-10)8-3-5-12-6-4-8/h1-3,7,12H,4-6H2,(H,14,15). The summed E-state index contributed by atoms with van der Waals surface area (Å²) < 4.78 is 0. The number of carboxylic acid groups (broad SMARTS) is 1. The van der Waals surface area contributed by atoms with Crippen molar-refractivity contribution in [2.75, 3.05) is 13.1 Å². The third kappa shape index (κ3) is 2.22. The van der Waals surface area contributed by atoms with E-state index in [0.29, 0.717) is 0 Å². The summed E-state index contributed by atoms with van der Waals surface area (Å²) in [6, 6.07) is 3.36. The third-order valence-electron chi connectivity index (χ3n) is 2.42. The Bertz CT molecular complexity index is 396. The van der Waals surface area contributed by atoms with Gasteiger partial charge < -0.3 is 10.4 Å². The number of aromatic carboxylic acids is 1. The van der Waals surface area contributed by atoms with E-state index >= 15 is 0 Å². The highest BCUT2D eigenvalue weighted by Crippen LogP contribution is 2.18. The van der Waals surface area contributed by atoms with Gasteiger partial charge in [-0.05, 0) is 30.2 Å². The Morgan fingerprint density at radius 1 is 1.47 bits per heavy atom. The van der Waals surface area contributed by atoms with Crippen molar-refractivity contribution >= 4 is 11.5 Å². The van der Waals surface area contributed by atoms with Crippen molar-refractivity contribution in [3.05, 3.63) is 35.7 Å². The summed E-state index contributed by atoms with van der Waals surface area (Å²) in [5.74, 6) is -0.985. The summed E-state index contributed by atoms with van der Waals surface area (Å²) in [5.41, 5.74) is 2.34. The van der Waals surface area contributed by atoms with Crippen molar-refractivity contribution in [1.29, 1.82) is 0 Å². The Labute approximate surface area is 87.7 Å². The van der Waals surface area contributed by atoms with Crippen LogP contribution in [0.5, 0.6) is 0 Å². The lowest BCUT2D eigenvalue weighted by Gasteiger charge is -2.13. The third-order valence-corrected chi connectivity index (χ3v) is 2.42. The van der Waals surface area contributed by atoms with Gasteiger partial charge in [0.2, 0.25) is 0 Å². The van der Waals surface area contributed by atoms with E-state index in [4.69, 9.17) is 5.11 Å². The van der Waals surface area contributed by atoms with Gasteiger partial charge in [-0.15, -0.1) is 0 Å². The lowest BCUT2D eigenvalue weighted by molar-refractivity contribution is 0.0690. The van der Waals surface area contributed by atoms with Crippen LogP contribution in [0, 0.1) is 0 Å². The first kappa shape index (κ1) is 9.86. The second-order valence-corrected chi connectivity index (χ2v) is 3.42. The van der Waals surface area contributed by atoms with Gasteiger partial charge in [0.25, 0.3) is 0 Å². The smallest absolute Gasteiger partial charge is 0.354 e. The molecule has 0 atom stereocenters. The van der Waals surface area contributed by atoms with Gasteiger partial charge in [0.1, 0.15) is 5.69 Å². The Morgan fingerprint density at radius 3 is 2.87 bits per heavy atom. The average molecular weight is 204 g/mol. The van der Waals surface area contributed by atoms with Crippen LogP contribution in [0.2, 0.25) is 0 Å². The molecule has 0 fully saturated rings. The molecule has 0 spiro atoms. The summed E-state index contributed by atoms with van der Waals surface area (Å²) in [6.07, 6.45) is 4.70. The summed E-state index contributed by atoms with van der Waals surface area (Å²) in [6.45, 7) is 1.84. The zero-order valence-corrected chi connectivity index (χ0v) is 8.23. The molecule has 4 heteroatoms. The van der Waals surface area contributed by atoms with E-state index < -0.39 is 5.97 Å². The average Bonchev–Trinajstić information content (AvgIpc) is 2.30. The Morgan fingerprint density at radius 2 is 2.33 bits per heavy atom. The van der Waals surface area contributed by atoms with Crippen LogP contribution in [-0.4, -0.2) is 29.1 Å². The number of rotatable bonds is 2. The molecule has 0 unspecified atom stereocenters. The molecule has 2 N–H and O–H groups in total. The normalized spacial score (nSPS) is 15.9. The van der Waals surface area contributed by atoms with Crippen molar-refractivity contribution < 1.29 is 9.90 Å². The predicted octanol–water partition coefficient (Wildman–Crippen LogP) is 1.16. The Kier molecular flexibility index (Phi) is 2.78. The van der Waals surface area contributed by atoms with Crippen LogP contribution in [0.4, 0.5) is 0 Å². The summed E-state index contributed by atoms with van der Waals surface area (Å²) >= 11 is 0. The molecule has 0 aliphatic carbocycles. The number of aromatic nitrogens is 1. The molecule has 1 aromatic heterocycles. The van der Waals surface area contributed by atoms with Gasteiger partial charge in [0, 0.05) is 12.7 Å². The van der Waals surface area contributed by atoms with Crippen molar-refractivity contribution in [2.45, 2.75) is 6.42 Å². The van der Waals surface area contributed by atoms with Gasteiger partial charge in [0.05, 0.1) is 0 Å². The highest BCUT2D eigenvalue weighted by atomic mass is 16.4. The first-order chi connectivity index (χ1) is 7.27. The van der Waals surface area contributed by atoms with Crippen molar-refractivity contribution in [3.8, 4) is 0 Å². The maximum atomic E-state index is 10.6. The SMILES string of the molecule is O=C(O)c1ccc(C2=CCNCC2)cn1. The number of carbonyl (C=O) groups is 1. The van der Waals surface area contributed by atoms with Crippen LogP contribution in [0.25, 0.3) is 5.57 Å². The lowest BCUT2D eigenvalue weighted by Crippen LogP contribution is -2.20. The van der Waals surface area contributed by atoms with Crippen LogP contribution >= 0.6 is 0 Å². The zero-order valence-electron chi connectivity index (χ0n) is 8.23. The molecule has 0 bridgehead atoms. The van der Waals surface area contributed by atoms with E-state index in [1.807, 2.05) is 6.07 Å². The van der Waals surface area contributed by atoms with Crippen LogP contribution < -0.4 is 5.32 Å². The predicted molar refractivity (Wildman–Crippen MR) is 56.7 cm³/mol. The molecule has 0 saturated heterocycles. The molecule has 0 radical (unpaired) electrons. The number of carboxylic acids is 1. The van der Waals surface area contributed by atoms with Crippen molar-refractivity contribution in [3.63, 3.8) is 0 Å². The van der Waals surface area contributed by atoms with E-state index in [2.05, 4.69) is 16.4 Å². The van der Waals surface area contributed by atoms with Gasteiger partial charge in [-0.3, -0.25) is 0 Å². The van der Waals surface area contributed by atoms with E-state index in [9.17, 15) is 4.79 Å². The Hall–Kier alpha value is -1.68. The molecule has 0 amide bonds. The largest absolute Gasteiger partial charge is 0.477 e. The lowest BCUT2D eigenvalue weighted by atomic mass is 10.0. The van der Waals surface area contributed by atoms with Crippen LogP contribution in [0.1, 0.15) is 22.5 Å². The maximum Gasteiger partial charge on any atom is 0.354 e. The topological polar surface area (TPSA) is 62.2 Å². The van der Waals surface area contributed by atoms with Crippen molar-refractivity contribution in [1.82, 2.24) is 10.3 Å². The number of hydrogen-bond donors (Lipinski definition) is 2. The van der Waals surface area contributed by atoms with Gasteiger partial charge in [-0.1, -0.05) is 12.1 Å². The molecule has 2 heterocycles. The van der Waals surface area contributed by atoms with E-state index in [-0.39, 0.29) is 5.69 Å². The minimum Gasteiger partial charge on any atom is -0.477 e. The fraction of sp³-hybridized carbons (Fsp3) is 0.273. The van der Waals surface area contributed by atoms with Crippen molar-refractivity contribution in [2.24, 2.45) is 0 Å². The number of nitrogens with one attached hydrogen (secondary N) is 1. The van der Waals surface area contributed by atoms with E-state index in [1.54, 1.807) is 12.3 Å². The molecule has 1 aliphatic rings. The summed E-state index contributed by atoms with van der Waals surface area (Å²) in [4.78, 5) is 14.5. The van der Waals surface area contributed by atoms with E-state index in [0.717, 1.165) is 25.1 Å². The van der Waals surface area contributed by atoms with Gasteiger partial charge >= 0.3 is 5.97 Å². The maximum absolute atomic E-state index is 10.6. The van der Waals surface area contributed by atoms with Crippen LogP contribution in [0.3, 0.4) is 0 Å². The number of pyridine rings is 1. The molecular weight excluding hydrogens is 192 g/mol. The van der Waals surface area contributed by atoms with Gasteiger partial charge in [-0.2, -0.15) is 0 Å². The monoisotopic (exact) mass is 204 g/mol. The van der Waals surface area contributed by atoms with Gasteiger partial charge in [0.15, 0.2) is 0 Å². The van der Waals surface area contributed by atoms with Crippen LogP contribution in [-0.2, 0) is 0 Å². The van der Waals surface area contributed by atoms with Gasteiger partial charge in [-0.25, -0.2) is 9.78 Å². The number of nitrogens with zero attached hydrogens (tertiary/aromatic N) is 1. The van der Waals surface area contributed by atoms with E-state index in [1.165, 1.54) is 5.57 Å². The molecule has 2 rings (SSSR count). The first-order valence-electron chi connectivity index (χ1n) is 4.87. The fourth-order valence-corrected chi connectivity index (χ4v) is 1.60. The minimum absolute atomic E-state index is 0.0910. The van der Waals surface area contributed by atoms with Crippen LogP contribution in [0.15, 0.2) is 24.4 Å². The number of hydrogen-bond acceptors (Lipinski definition) is 3. The summed E-state index contributed by atoms with van der Waals surface area (Å²) in [7, 11) is 0. The molecule has 0 aromatic carbocycles. The second kappa shape index (κ2) is 4.23. The molecule has 4 nitrogen and oxygen atoms in total. The first-order valence-corrected chi connectivity index (χ1v) is 4.87. The molecule has 1 aliphatic heterocycles. The molecule has 15 heavy (non-hydrogen) atoms. The quantitative estimate of drug-likeness (QED) is 0.758. The summed E-state index contributed by atoms with van der Waals surface area (Å²) in [5, 5.41) is 11.9. The minimum atomic E-state index is -0.985. The highest BCUT2D eigenvalue weighted by Gasteiger charge is 2.08. The Balaban J connectivity index is 2.23. The zero-order chi connectivity index (χ0) is 10.7. The fourth-order valence-electron chi connectivity index (χ4n) is 1.60. The second-order valence-electron chi connectivity index (χ2n) is 3.42. The molecule has 0 saturated carbocycles. The highest BCUT2D eigenvalue weighted by molar-refractivity contribution is 5.85.